The maximum absolute atomic E-state index is 13.3. The highest BCUT2D eigenvalue weighted by molar-refractivity contribution is 8.19. The number of para-hydroxylation sites is 3. The predicted octanol–water partition coefficient (Wildman–Crippen LogP) is 5.60. The van der Waals surface area contributed by atoms with Gasteiger partial charge in [0.1, 0.15) is 0 Å². The van der Waals surface area contributed by atoms with E-state index >= 15 is 0 Å². The van der Waals surface area contributed by atoms with Crippen LogP contribution in [0.1, 0.15) is 12.5 Å². The fraction of sp³-hybridized carbons (Fsp3) is 0.0833. The SMILES string of the molecule is CCOc1cccc(C=C2SC(=Nc3ccccc3)N(c3ccccc3)C2=O)c1O. The summed E-state index contributed by atoms with van der Waals surface area (Å²) in [5.41, 5.74) is 2.02. The molecule has 1 aliphatic heterocycles. The molecule has 150 valence electrons. The van der Waals surface area contributed by atoms with Crippen molar-refractivity contribution in [2.24, 2.45) is 4.99 Å². The lowest BCUT2D eigenvalue weighted by atomic mass is 10.1. The number of carbonyl (C=O) groups is 1. The molecule has 0 saturated carbocycles. The number of amides is 1. The van der Waals surface area contributed by atoms with Crippen molar-refractivity contribution in [2.75, 3.05) is 11.5 Å². The zero-order valence-electron chi connectivity index (χ0n) is 16.4. The number of nitrogens with zero attached hydrogens (tertiary/aromatic N) is 2. The first kappa shape index (κ1) is 19.8. The Bertz CT molecular complexity index is 1110. The van der Waals surface area contributed by atoms with Crippen LogP contribution in [-0.2, 0) is 4.79 Å². The number of hydrogen-bond donors (Lipinski definition) is 1. The summed E-state index contributed by atoms with van der Waals surface area (Å²) in [5, 5.41) is 11.1. The minimum atomic E-state index is -0.193. The van der Waals surface area contributed by atoms with Crippen LogP contribution in [0.3, 0.4) is 0 Å². The first-order chi connectivity index (χ1) is 14.7. The number of benzene rings is 3. The molecule has 6 heteroatoms. The maximum Gasteiger partial charge on any atom is 0.271 e. The molecule has 1 amide bonds. The van der Waals surface area contributed by atoms with E-state index in [1.54, 1.807) is 29.2 Å². The van der Waals surface area contributed by atoms with Crippen molar-refractivity contribution in [3.05, 3.63) is 89.3 Å². The minimum absolute atomic E-state index is 0.0139. The molecule has 5 nitrogen and oxygen atoms in total. The third kappa shape index (κ3) is 4.09. The van der Waals surface area contributed by atoms with Gasteiger partial charge in [0.05, 0.1) is 22.9 Å². The van der Waals surface area contributed by atoms with Crippen molar-refractivity contribution in [2.45, 2.75) is 6.92 Å². The third-order valence-corrected chi connectivity index (χ3v) is 5.39. The topological polar surface area (TPSA) is 62.1 Å². The van der Waals surface area contributed by atoms with E-state index in [0.717, 1.165) is 11.4 Å². The van der Waals surface area contributed by atoms with Gasteiger partial charge < -0.3 is 9.84 Å². The van der Waals surface area contributed by atoms with Crippen LogP contribution in [0.15, 0.2) is 88.8 Å². The molecule has 0 spiro atoms. The molecule has 3 aromatic carbocycles. The lowest BCUT2D eigenvalue weighted by molar-refractivity contribution is -0.113. The van der Waals surface area contributed by atoms with Crippen LogP contribution in [0, 0.1) is 0 Å². The number of thioether (sulfide) groups is 1. The fourth-order valence-corrected chi connectivity index (χ4v) is 4.03. The summed E-state index contributed by atoms with van der Waals surface area (Å²) >= 11 is 1.27. The van der Waals surface area contributed by atoms with E-state index in [1.807, 2.05) is 67.6 Å². The average molecular weight is 417 g/mol. The second-order valence-electron chi connectivity index (χ2n) is 6.44. The molecule has 3 aromatic rings. The normalized spacial score (nSPS) is 16.4. The van der Waals surface area contributed by atoms with Crippen molar-refractivity contribution in [1.29, 1.82) is 0 Å². The van der Waals surface area contributed by atoms with Crippen LogP contribution < -0.4 is 9.64 Å². The molecule has 0 atom stereocenters. The molecule has 1 saturated heterocycles. The number of rotatable bonds is 5. The average Bonchev–Trinajstić information content (AvgIpc) is 3.07. The quantitative estimate of drug-likeness (QED) is 0.550. The van der Waals surface area contributed by atoms with Gasteiger partial charge in [0.2, 0.25) is 0 Å². The number of aliphatic imine (C=N–C) groups is 1. The molecule has 30 heavy (non-hydrogen) atoms. The van der Waals surface area contributed by atoms with E-state index in [-0.39, 0.29) is 11.7 Å². The Morgan fingerprint density at radius 2 is 1.70 bits per heavy atom. The summed E-state index contributed by atoms with van der Waals surface area (Å²) in [6.07, 6.45) is 1.67. The first-order valence-corrected chi connectivity index (χ1v) is 10.4. The van der Waals surface area contributed by atoms with Crippen molar-refractivity contribution >= 4 is 40.3 Å². The van der Waals surface area contributed by atoms with Gasteiger partial charge in [0.25, 0.3) is 5.91 Å². The van der Waals surface area contributed by atoms with Gasteiger partial charge in [-0.15, -0.1) is 0 Å². The lowest BCUT2D eigenvalue weighted by Gasteiger charge is -2.15. The summed E-state index contributed by atoms with van der Waals surface area (Å²) in [6, 6.07) is 24.1. The zero-order valence-corrected chi connectivity index (χ0v) is 17.2. The Morgan fingerprint density at radius 1 is 1.00 bits per heavy atom. The van der Waals surface area contributed by atoms with E-state index < -0.39 is 0 Å². The molecule has 1 N–H and O–H groups in total. The summed E-state index contributed by atoms with van der Waals surface area (Å²) in [5.74, 6) is 0.211. The second kappa shape index (κ2) is 8.88. The summed E-state index contributed by atoms with van der Waals surface area (Å²) in [4.78, 5) is 20.0. The number of hydrogen-bond acceptors (Lipinski definition) is 5. The molecule has 1 aliphatic rings. The van der Waals surface area contributed by atoms with Crippen LogP contribution in [0.4, 0.5) is 11.4 Å². The molecular formula is C24H20N2O3S. The summed E-state index contributed by atoms with van der Waals surface area (Å²) in [6.45, 7) is 2.29. The second-order valence-corrected chi connectivity index (χ2v) is 7.45. The number of carbonyl (C=O) groups excluding carboxylic acids is 1. The Labute approximate surface area is 179 Å². The minimum Gasteiger partial charge on any atom is -0.504 e. The van der Waals surface area contributed by atoms with Crippen LogP contribution >= 0.6 is 11.8 Å². The van der Waals surface area contributed by atoms with E-state index in [4.69, 9.17) is 4.74 Å². The monoisotopic (exact) mass is 416 g/mol. The van der Waals surface area contributed by atoms with Gasteiger partial charge in [0, 0.05) is 5.56 Å². The molecule has 0 aromatic heterocycles. The van der Waals surface area contributed by atoms with Gasteiger partial charge in [0.15, 0.2) is 16.7 Å². The van der Waals surface area contributed by atoms with Gasteiger partial charge in [-0.1, -0.05) is 48.5 Å². The van der Waals surface area contributed by atoms with Gasteiger partial charge in [-0.05, 0) is 55.1 Å². The Hall–Kier alpha value is -3.51. The van der Waals surface area contributed by atoms with Crippen LogP contribution in [0.2, 0.25) is 0 Å². The number of phenols is 1. The number of amidine groups is 1. The molecule has 0 aliphatic carbocycles. The molecule has 1 fully saturated rings. The molecule has 1 heterocycles. The smallest absolute Gasteiger partial charge is 0.271 e. The highest BCUT2D eigenvalue weighted by Crippen LogP contribution is 2.39. The molecule has 4 rings (SSSR count). The third-order valence-electron chi connectivity index (χ3n) is 4.42. The van der Waals surface area contributed by atoms with E-state index in [0.29, 0.717) is 28.0 Å². The fourth-order valence-electron chi connectivity index (χ4n) is 3.04. The number of ether oxygens (including phenoxy) is 1. The van der Waals surface area contributed by atoms with Gasteiger partial charge >= 0.3 is 0 Å². The van der Waals surface area contributed by atoms with Crippen LogP contribution in [-0.4, -0.2) is 22.8 Å². The number of anilines is 1. The van der Waals surface area contributed by atoms with Crippen LogP contribution in [0.5, 0.6) is 11.5 Å². The molecule has 0 unspecified atom stereocenters. The standard InChI is InChI=1S/C24H20N2O3S/c1-2-29-20-15-9-10-17(22(20)27)16-21-23(28)26(19-13-7-4-8-14-19)24(30-21)25-18-11-5-3-6-12-18/h3-16,27H,2H2,1H3. The van der Waals surface area contributed by atoms with E-state index in [2.05, 4.69) is 4.99 Å². The highest BCUT2D eigenvalue weighted by atomic mass is 32.2. The number of aromatic hydroxyl groups is 1. The van der Waals surface area contributed by atoms with Gasteiger partial charge in [-0.25, -0.2) is 4.99 Å². The number of phenolic OH excluding ortho intramolecular Hbond substituents is 1. The van der Waals surface area contributed by atoms with Crippen molar-refractivity contribution in [1.82, 2.24) is 0 Å². The Morgan fingerprint density at radius 3 is 2.40 bits per heavy atom. The van der Waals surface area contributed by atoms with Gasteiger partial charge in [-0.2, -0.15) is 0 Å². The predicted molar refractivity (Wildman–Crippen MR) is 122 cm³/mol. The highest BCUT2D eigenvalue weighted by Gasteiger charge is 2.35. The maximum atomic E-state index is 13.3. The summed E-state index contributed by atoms with van der Waals surface area (Å²) in [7, 11) is 0. The van der Waals surface area contributed by atoms with Crippen molar-refractivity contribution in [3.8, 4) is 11.5 Å². The largest absolute Gasteiger partial charge is 0.504 e. The molecule has 0 bridgehead atoms. The Kier molecular flexibility index (Phi) is 5.86. The summed E-state index contributed by atoms with van der Waals surface area (Å²) < 4.78 is 5.45. The first-order valence-electron chi connectivity index (χ1n) is 9.55. The van der Waals surface area contributed by atoms with Crippen molar-refractivity contribution < 1.29 is 14.6 Å². The lowest BCUT2D eigenvalue weighted by Crippen LogP contribution is -2.28. The van der Waals surface area contributed by atoms with Gasteiger partial charge in [-0.3, -0.25) is 9.69 Å². The van der Waals surface area contributed by atoms with Crippen LogP contribution in [0.25, 0.3) is 6.08 Å². The van der Waals surface area contributed by atoms with Crippen molar-refractivity contribution in [3.63, 3.8) is 0 Å². The Balaban J connectivity index is 1.76. The van der Waals surface area contributed by atoms with E-state index in [9.17, 15) is 9.90 Å². The molecule has 0 radical (unpaired) electrons. The zero-order chi connectivity index (χ0) is 20.9. The van der Waals surface area contributed by atoms with E-state index in [1.165, 1.54) is 11.8 Å². The molecular weight excluding hydrogens is 396 g/mol.